The molecule has 0 spiro atoms. The third-order valence-electron chi connectivity index (χ3n) is 7.99. The van der Waals surface area contributed by atoms with Crippen molar-refractivity contribution in [2.75, 3.05) is 14.2 Å². The van der Waals surface area contributed by atoms with Gasteiger partial charge in [-0.3, -0.25) is 0 Å². The van der Waals surface area contributed by atoms with Gasteiger partial charge in [0.25, 0.3) is 0 Å². The SMILES string of the molecule is CC[Si](CC)(CC)O[C@@H](c1ccc(OC)cc1)[C@@H]1CCCCCC/C1=C\S(=O)(=NC)c1ccccc1. The molecule has 0 aliphatic heterocycles. The second-order valence-corrected chi connectivity index (χ2v) is 16.8. The van der Waals surface area contributed by atoms with E-state index in [0.717, 1.165) is 54.5 Å². The van der Waals surface area contributed by atoms with E-state index >= 15 is 0 Å². The van der Waals surface area contributed by atoms with Gasteiger partial charge in [-0.05, 0) is 67.2 Å². The molecule has 0 bridgehead atoms. The molecule has 1 aliphatic rings. The van der Waals surface area contributed by atoms with Crippen molar-refractivity contribution in [3.8, 4) is 5.75 Å². The second-order valence-electron chi connectivity index (χ2n) is 9.87. The number of benzene rings is 2. The molecule has 6 heteroatoms. The summed E-state index contributed by atoms with van der Waals surface area (Å²) >= 11 is 0. The van der Waals surface area contributed by atoms with Crippen LogP contribution in [0.2, 0.25) is 18.1 Å². The van der Waals surface area contributed by atoms with Crippen molar-refractivity contribution in [1.82, 2.24) is 0 Å². The Hall–Kier alpha value is -1.89. The van der Waals surface area contributed by atoms with Gasteiger partial charge in [0, 0.05) is 18.4 Å². The first-order chi connectivity index (χ1) is 17.4. The third kappa shape index (κ3) is 6.90. The Kier molecular flexibility index (Phi) is 10.8. The quantitative estimate of drug-likeness (QED) is 0.290. The van der Waals surface area contributed by atoms with Crippen LogP contribution in [0.15, 0.2) is 74.8 Å². The van der Waals surface area contributed by atoms with Gasteiger partial charge < -0.3 is 9.16 Å². The highest BCUT2D eigenvalue weighted by molar-refractivity contribution is 7.96. The van der Waals surface area contributed by atoms with Crippen LogP contribution < -0.4 is 4.74 Å². The predicted molar refractivity (Wildman–Crippen MR) is 154 cm³/mol. The average Bonchev–Trinajstić information content (AvgIpc) is 2.92. The molecule has 1 unspecified atom stereocenters. The van der Waals surface area contributed by atoms with Gasteiger partial charge >= 0.3 is 0 Å². The van der Waals surface area contributed by atoms with Gasteiger partial charge in [-0.25, -0.2) is 8.57 Å². The monoisotopic (exact) mass is 527 g/mol. The molecule has 3 rings (SSSR count). The molecule has 0 amide bonds. The van der Waals surface area contributed by atoms with Crippen LogP contribution in [-0.2, 0) is 14.2 Å². The largest absolute Gasteiger partial charge is 0.497 e. The maximum Gasteiger partial charge on any atom is 0.192 e. The van der Waals surface area contributed by atoms with Crippen LogP contribution in [0.5, 0.6) is 5.75 Å². The molecule has 198 valence electrons. The van der Waals surface area contributed by atoms with Crippen molar-refractivity contribution in [2.45, 2.75) is 88.4 Å². The molecule has 4 nitrogen and oxygen atoms in total. The molecular formula is C30H45NO3SSi. The Balaban J connectivity index is 2.15. The predicted octanol–water partition coefficient (Wildman–Crippen LogP) is 8.77. The van der Waals surface area contributed by atoms with E-state index in [0.29, 0.717) is 0 Å². The van der Waals surface area contributed by atoms with E-state index in [4.69, 9.17) is 9.16 Å². The fraction of sp³-hybridized carbons (Fsp3) is 0.533. The van der Waals surface area contributed by atoms with Crippen LogP contribution in [0.1, 0.15) is 71.0 Å². The molecule has 0 aromatic heterocycles. The fourth-order valence-corrected chi connectivity index (χ4v) is 9.94. The zero-order valence-corrected chi connectivity index (χ0v) is 24.7. The molecular weight excluding hydrogens is 482 g/mol. The molecule has 0 heterocycles. The zero-order chi connectivity index (χ0) is 26.0. The second kappa shape index (κ2) is 13.6. The van der Waals surface area contributed by atoms with Gasteiger partial charge in [0.2, 0.25) is 0 Å². The minimum atomic E-state index is -2.65. The Bertz CT molecular complexity index is 1080. The lowest BCUT2D eigenvalue weighted by atomic mass is 9.81. The van der Waals surface area contributed by atoms with Gasteiger partial charge in [-0.2, -0.15) is 0 Å². The number of hydrogen-bond acceptors (Lipinski definition) is 4. The standard InChI is InChI=1S/C30H45NO3SSi/c1-6-36(7-2,8-3)34-30(25-20-22-27(33-5)23-21-25)29-19-15-10-9-12-16-26(29)24-35(32,31-4)28-17-13-11-14-18-28/h11,13-14,17-18,20-24,29-30H,6-10,12,15-16,19H2,1-5H3/b26-24+/t29-,30+,35?/m1/s1. The fourth-order valence-electron chi connectivity index (χ4n) is 5.40. The van der Waals surface area contributed by atoms with Crippen LogP contribution in [-0.4, -0.2) is 26.7 Å². The first-order valence-corrected chi connectivity index (χ1v) is 17.8. The van der Waals surface area contributed by atoms with E-state index in [-0.39, 0.29) is 12.0 Å². The average molecular weight is 528 g/mol. The summed E-state index contributed by atoms with van der Waals surface area (Å²) < 4.78 is 31.4. The normalized spacial score (nSPS) is 20.7. The van der Waals surface area contributed by atoms with E-state index < -0.39 is 18.0 Å². The molecule has 3 atom stereocenters. The summed E-state index contributed by atoms with van der Waals surface area (Å²) in [6.07, 6.45) is 6.66. The van der Waals surface area contributed by atoms with Crippen LogP contribution >= 0.6 is 0 Å². The number of hydrogen-bond donors (Lipinski definition) is 0. The van der Waals surface area contributed by atoms with E-state index in [1.807, 2.05) is 47.9 Å². The highest BCUT2D eigenvalue weighted by Gasteiger charge is 2.37. The summed E-state index contributed by atoms with van der Waals surface area (Å²) in [5, 5.41) is 2.02. The maximum absolute atomic E-state index is 14.2. The number of rotatable bonds is 10. The van der Waals surface area contributed by atoms with E-state index in [9.17, 15) is 4.21 Å². The van der Waals surface area contributed by atoms with Crippen LogP contribution in [0, 0.1) is 5.92 Å². The van der Waals surface area contributed by atoms with Crippen LogP contribution in [0.25, 0.3) is 0 Å². The third-order valence-corrected chi connectivity index (χ3v) is 14.7. The van der Waals surface area contributed by atoms with E-state index in [1.165, 1.54) is 24.0 Å². The molecule has 1 aliphatic carbocycles. The van der Waals surface area contributed by atoms with Crippen molar-refractivity contribution in [1.29, 1.82) is 0 Å². The smallest absolute Gasteiger partial charge is 0.192 e. The first-order valence-electron chi connectivity index (χ1n) is 13.7. The molecule has 2 aromatic rings. The highest BCUT2D eigenvalue weighted by Crippen LogP contribution is 2.43. The highest BCUT2D eigenvalue weighted by atomic mass is 32.2. The summed E-state index contributed by atoms with van der Waals surface area (Å²) in [6, 6.07) is 21.4. The van der Waals surface area contributed by atoms with E-state index in [1.54, 1.807) is 14.2 Å². The van der Waals surface area contributed by atoms with Crippen molar-refractivity contribution < 1.29 is 13.4 Å². The molecule has 0 radical (unpaired) electrons. The Morgan fingerprint density at radius 2 is 1.61 bits per heavy atom. The summed E-state index contributed by atoms with van der Waals surface area (Å²) in [4.78, 5) is 0.780. The van der Waals surface area contributed by atoms with Crippen LogP contribution in [0.3, 0.4) is 0 Å². The lowest BCUT2D eigenvalue weighted by Gasteiger charge is -2.39. The Labute approximate surface area is 220 Å². The zero-order valence-electron chi connectivity index (χ0n) is 22.9. The molecule has 36 heavy (non-hydrogen) atoms. The van der Waals surface area contributed by atoms with Gasteiger partial charge in [0.05, 0.1) is 27.8 Å². The Morgan fingerprint density at radius 1 is 0.972 bits per heavy atom. The van der Waals surface area contributed by atoms with Gasteiger partial charge in [-0.1, -0.05) is 75.9 Å². The number of methoxy groups -OCH3 is 1. The van der Waals surface area contributed by atoms with E-state index in [2.05, 4.69) is 37.3 Å². The lowest BCUT2D eigenvalue weighted by molar-refractivity contribution is 0.128. The van der Waals surface area contributed by atoms with Crippen LogP contribution in [0.4, 0.5) is 0 Å². The maximum atomic E-state index is 14.2. The Morgan fingerprint density at radius 3 is 2.19 bits per heavy atom. The van der Waals surface area contributed by atoms with Crippen molar-refractivity contribution in [3.63, 3.8) is 0 Å². The van der Waals surface area contributed by atoms with Crippen molar-refractivity contribution in [2.24, 2.45) is 10.3 Å². The molecule has 2 aromatic carbocycles. The van der Waals surface area contributed by atoms with Crippen molar-refractivity contribution >= 4 is 18.0 Å². The minimum absolute atomic E-state index is 0.0527. The molecule has 0 N–H and O–H groups in total. The topological polar surface area (TPSA) is 47.9 Å². The van der Waals surface area contributed by atoms with Gasteiger partial charge in [0.1, 0.15) is 5.75 Å². The van der Waals surface area contributed by atoms with Crippen molar-refractivity contribution in [3.05, 3.63) is 71.1 Å². The molecule has 1 saturated carbocycles. The van der Waals surface area contributed by atoms with Gasteiger partial charge in [0.15, 0.2) is 8.32 Å². The summed E-state index contributed by atoms with van der Waals surface area (Å²) in [5.74, 6) is 1.04. The minimum Gasteiger partial charge on any atom is -0.497 e. The van der Waals surface area contributed by atoms with Gasteiger partial charge in [-0.15, -0.1) is 0 Å². The summed E-state index contributed by atoms with van der Waals surface area (Å²) in [7, 11) is -1.18. The first kappa shape index (κ1) is 28.7. The number of nitrogens with zero attached hydrogens (tertiary/aromatic N) is 1. The molecule has 0 saturated heterocycles. The summed E-state index contributed by atoms with van der Waals surface area (Å²) in [5.41, 5.74) is 2.44. The molecule has 1 fully saturated rings. The number of ether oxygens (including phenoxy) is 1. The summed E-state index contributed by atoms with van der Waals surface area (Å²) in [6.45, 7) is 6.87. The lowest BCUT2D eigenvalue weighted by Crippen LogP contribution is -2.39.